The van der Waals surface area contributed by atoms with E-state index in [1.54, 1.807) is 13.2 Å². The Labute approximate surface area is 86.5 Å². The van der Waals surface area contributed by atoms with Crippen LogP contribution in [0.15, 0.2) is 35.1 Å². The van der Waals surface area contributed by atoms with Gasteiger partial charge in [-0.15, -0.1) is 0 Å². The molecule has 2 aromatic rings. The maximum absolute atomic E-state index is 10.7. The first-order valence-corrected chi connectivity index (χ1v) is 4.39. The van der Waals surface area contributed by atoms with Crippen molar-refractivity contribution in [1.82, 2.24) is 5.16 Å². The van der Waals surface area contributed by atoms with Crippen LogP contribution in [0.2, 0.25) is 0 Å². The molecule has 0 bridgehead atoms. The highest BCUT2D eigenvalue weighted by atomic mass is 16.5. The van der Waals surface area contributed by atoms with Crippen LogP contribution in [0.25, 0.3) is 11.3 Å². The zero-order valence-electron chi connectivity index (χ0n) is 8.14. The van der Waals surface area contributed by atoms with Crippen LogP contribution >= 0.6 is 0 Å². The van der Waals surface area contributed by atoms with Crippen molar-refractivity contribution in [1.29, 1.82) is 0 Å². The van der Waals surface area contributed by atoms with Gasteiger partial charge in [-0.2, -0.15) is 0 Å². The van der Waals surface area contributed by atoms with Gasteiger partial charge in [0.1, 0.15) is 17.7 Å². The minimum absolute atomic E-state index is 0.434. The van der Waals surface area contributed by atoms with Crippen molar-refractivity contribution in [3.8, 4) is 17.0 Å². The van der Waals surface area contributed by atoms with Crippen LogP contribution in [0.5, 0.6) is 5.75 Å². The number of aldehydes is 1. The Morgan fingerprint density at radius 1 is 1.47 bits per heavy atom. The van der Waals surface area contributed by atoms with E-state index >= 15 is 0 Å². The fourth-order valence-corrected chi connectivity index (χ4v) is 1.32. The van der Waals surface area contributed by atoms with Gasteiger partial charge in [-0.25, -0.2) is 0 Å². The molecule has 0 aliphatic rings. The standard InChI is InChI=1S/C11H9NO3/c1-14-10-4-2-3-8(5-10)11-9(6-13)7-15-12-11/h2-7H,1H3. The van der Waals surface area contributed by atoms with Crippen LogP contribution in [-0.2, 0) is 0 Å². The molecular formula is C11H9NO3. The molecule has 0 N–H and O–H groups in total. The van der Waals surface area contributed by atoms with Gasteiger partial charge in [0, 0.05) is 5.56 Å². The highest BCUT2D eigenvalue weighted by Crippen LogP contribution is 2.24. The number of carbonyl (C=O) groups is 1. The van der Waals surface area contributed by atoms with E-state index in [1.165, 1.54) is 6.26 Å². The molecule has 76 valence electrons. The summed E-state index contributed by atoms with van der Waals surface area (Å²) in [5.41, 5.74) is 1.76. The third-order valence-corrected chi connectivity index (χ3v) is 2.07. The third-order valence-electron chi connectivity index (χ3n) is 2.07. The molecule has 0 amide bonds. The average molecular weight is 203 g/mol. The average Bonchev–Trinajstić information content (AvgIpc) is 2.77. The van der Waals surface area contributed by atoms with Crippen LogP contribution in [0.3, 0.4) is 0 Å². The molecule has 0 radical (unpaired) electrons. The molecule has 4 heteroatoms. The molecule has 1 heterocycles. The number of methoxy groups -OCH3 is 1. The van der Waals surface area contributed by atoms with Crippen molar-refractivity contribution in [3.05, 3.63) is 36.1 Å². The van der Waals surface area contributed by atoms with Gasteiger partial charge in [0.05, 0.1) is 12.7 Å². The predicted octanol–water partition coefficient (Wildman–Crippen LogP) is 2.16. The Kier molecular flexibility index (Phi) is 2.49. The van der Waals surface area contributed by atoms with E-state index < -0.39 is 0 Å². The van der Waals surface area contributed by atoms with Crippen molar-refractivity contribution in [2.75, 3.05) is 7.11 Å². The minimum Gasteiger partial charge on any atom is -0.497 e. The molecule has 1 aromatic heterocycles. The van der Waals surface area contributed by atoms with Crippen LogP contribution < -0.4 is 4.74 Å². The molecule has 0 aliphatic carbocycles. The summed E-state index contributed by atoms with van der Waals surface area (Å²) in [5.74, 6) is 0.715. The summed E-state index contributed by atoms with van der Waals surface area (Å²) in [5, 5.41) is 3.77. The van der Waals surface area contributed by atoms with E-state index in [2.05, 4.69) is 5.16 Å². The van der Waals surface area contributed by atoms with Crippen molar-refractivity contribution < 1.29 is 14.1 Å². The van der Waals surface area contributed by atoms with E-state index in [4.69, 9.17) is 9.26 Å². The minimum atomic E-state index is 0.434. The summed E-state index contributed by atoms with van der Waals surface area (Å²) in [6, 6.07) is 7.29. The highest BCUT2D eigenvalue weighted by Gasteiger charge is 2.09. The van der Waals surface area contributed by atoms with E-state index in [-0.39, 0.29) is 0 Å². The number of rotatable bonds is 3. The van der Waals surface area contributed by atoms with Gasteiger partial charge < -0.3 is 9.26 Å². The quantitative estimate of drug-likeness (QED) is 0.717. The van der Waals surface area contributed by atoms with Gasteiger partial charge in [0.25, 0.3) is 0 Å². The van der Waals surface area contributed by atoms with E-state index in [0.29, 0.717) is 23.3 Å². The zero-order chi connectivity index (χ0) is 10.7. The molecule has 0 atom stereocenters. The van der Waals surface area contributed by atoms with Gasteiger partial charge in [-0.1, -0.05) is 17.3 Å². The fourth-order valence-electron chi connectivity index (χ4n) is 1.32. The Morgan fingerprint density at radius 3 is 3.07 bits per heavy atom. The number of hydrogen-bond acceptors (Lipinski definition) is 4. The summed E-state index contributed by atoms with van der Waals surface area (Å²) >= 11 is 0. The first kappa shape index (κ1) is 9.45. The second kappa shape index (κ2) is 3.96. The fraction of sp³-hybridized carbons (Fsp3) is 0.0909. The molecule has 0 unspecified atom stereocenters. The Hall–Kier alpha value is -2.10. The number of nitrogens with zero attached hydrogens (tertiary/aromatic N) is 1. The number of aromatic nitrogens is 1. The Balaban J connectivity index is 2.48. The molecule has 0 saturated heterocycles. The zero-order valence-corrected chi connectivity index (χ0v) is 8.14. The van der Waals surface area contributed by atoms with Gasteiger partial charge in [-0.05, 0) is 12.1 Å². The summed E-state index contributed by atoms with van der Waals surface area (Å²) in [6.07, 6.45) is 2.03. The first-order chi connectivity index (χ1) is 7.35. The Bertz CT molecular complexity index is 476. The monoisotopic (exact) mass is 203 g/mol. The lowest BCUT2D eigenvalue weighted by Gasteiger charge is -2.01. The number of carbonyl (C=O) groups excluding carboxylic acids is 1. The van der Waals surface area contributed by atoms with E-state index in [9.17, 15) is 4.79 Å². The van der Waals surface area contributed by atoms with Crippen LogP contribution in [-0.4, -0.2) is 18.6 Å². The molecule has 0 fully saturated rings. The summed E-state index contributed by atoms with van der Waals surface area (Å²) in [7, 11) is 1.59. The smallest absolute Gasteiger partial charge is 0.155 e. The van der Waals surface area contributed by atoms with Crippen molar-refractivity contribution in [3.63, 3.8) is 0 Å². The lowest BCUT2D eigenvalue weighted by Crippen LogP contribution is -1.86. The molecule has 0 saturated carbocycles. The SMILES string of the molecule is COc1cccc(-c2nocc2C=O)c1. The largest absolute Gasteiger partial charge is 0.497 e. The van der Waals surface area contributed by atoms with Crippen LogP contribution in [0, 0.1) is 0 Å². The van der Waals surface area contributed by atoms with Crippen molar-refractivity contribution in [2.45, 2.75) is 0 Å². The second-order valence-corrected chi connectivity index (χ2v) is 2.97. The second-order valence-electron chi connectivity index (χ2n) is 2.97. The topological polar surface area (TPSA) is 52.3 Å². The number of benzene rings is 1. The highest BCUT2D eigenvalue weighted by molar-refractivity contribution is 5.85. The van der Waals surface area contributed by atoms with Gasteiger partial charge >= 0.3 is 0 Å². The predicted molar refractivity (Wildman–Crippen MR) is 53.9 cm³/mol. The molecule has 0 aliphatic heterocycles. The molecule has 2 rings (SSSR count). The normalized spacial score (nSPS) is 9.93. The summed E-state index contributed by atoms with van der Waals surface area (Å²) in [4.78, 5) is 10.7. The van der Waals surface area contributed by atoms with Gasteiger partial charge in [-0.3, -0.25) is 4.79 Å². The summed E-state index contributed by atoms with van der Waals surface area (Å²) in [6.45, 7) is 0. The van der Waals surface area contributed by atoms with Crippen molar-refractivity contribution >= 4 is 6.29 Å². The maximum atomic E-state index is 10.7. The first-order valence-electron chi connectivity index (χ1n) is 4.39. The molecule has 0 spiro atoms. The van der Waals surface area contributed by atoms with Crippen molar-refractivity contribution in [2.24, 2.45) is 0 Å². The van der Waals surface area contributed by atoms with Crippen LogP contribution in [0.1, 0.15) is 10.4 Å². The number of ether oxygens (including phenoxy) is 1. The molecular weight excluding hydrogens is 194 g/mol. The maximum Gasteiger partial charge on any atom is 0.155 e. The molecule has 4 nitrogen and oxygen atoms in total. The van der Waals surface area contributed by atoms with Gasteiger partial charge in [0.2, 0.25) is 0 Å². The molecule has 1 aromatic carbocycles. The van der Waals surface area contributed by atoms with E-state index in [0.717, 1.165) is 5.56 Å². The lowest BCUT2D eigenvalue weighted by atomic mass is 10.1. The lowest BCUT2D eigenvalue weighted by molar-refractivity contribution is 0.112. The van der Waals surface area contributed by atoms with E-state index in [1.807, 2.05) is 18.2 Å². The number of hydrogen-bond donors (Lipinski definition) is 0. The Morgan fingerprint density at radius 2 is 2.33 bits per heavy atom. The summed E-state index contributed by atoms with van der Waals surface area (Å²) < 4.78 is 9.82. The van der Waals surface area contributed by atoms with Gasteiger partial charge in [0.15, 0.2) is 6.29 Å². The molecule has 15 heavy (non-hydrogen) atoms. The van der Waals surface area contributed by atoms with Crippen LogP contribution in [0.4, 0.5) is 0 Å². The third kappa shape index (κ3) is 1.74.